The van der Waals surface area contributed by atoms with Crippen LogP contribution in [0, 0.1) is 46.8 Å². The lowest BCUT2D eigenvalue weighted by Gasteiger charge is -2.52. The van der Waals surface area contributed by atoms with Gasteiger partial charge in [-0.05, 0) is 36.5 Å². The predicted molar refractivity (Wildman–Crippen MR) is 84.6 cm³/mol. The number of ether oxygens (including phenoxy) is 1. The van der Waals surface area contributed by atoms with Gasteiger partial charge in [-0.25, -0.2) is 0 Å². The number of carbonyl (C=O) groups excluding carboxylic acids is 3. The molecule has 0 aromatic carbocycles. The van der Waals surface area contributed by atoms with Gasteiger partial charge in [-0.1, -0.05) is 26.0 Å². The normalized spacial score (nSPS) is 52.2. The van der Waals surface area contributed by atoms with Gasteiger partial charge in [0, 0.05) is 17.8 Å². The summed E-state index contributed by atoms with van der Waals surface area (Å²) in [4.78, 5) is 39.8. The van der Waals surface area contributed by atoms with Crippen molar-refractivity contribution >= 4 is 17.5 Å². The van der Waals surface area contributed by atoms with Gasteiger partial charge in [-0.15, -0.1) is 0 Å². The average Bonchev–Trinajstić information content (AvgIpc) is 3.11. The standard InChI is InChI=1S/C19H24O5/c1-8-4-5-9(2)19(18(23)24-3)15(8)16(21)14-11-6-10(7-12(11)20)13(14)17(19)22/h4-5,8-15,20H,6-7H2,1-3H3/t8-,9+,10+,11-,12-,13?,14?,15-,19-/m0/s1. The van der Waals surface area contributed by atoms with Crippen molar-refractivity contribution in [1.29, 1.82) is 0 Å². The van der Waals surface area contributed by atoms with E-state index in [1.54, 1.807) is 0 Å². The molecule has 24 heavy (non-hydrogen) atoms. The van der Waals surface area contributed by atoms with Crippen LogP contribution < -0.4 is 0 Å². The second-order valence-corrected chi connectivity index (χ2v) is 8.15. The first-order chi connectivity index (χ1) is 11.4. The van der Waals surface area contributed by atoms with Crippen LogP contribution in [0.15, 0.2) is 12.2 Å². The van der Waals surface area contributed by atoms with E-state index in [-0.39, 0.29) is 35.2 Å². The van der Waals surface area contributed by atoms with E-state index in [0.717, 1.165) is 0 Å². The second kappa shape index (κ2) is 5.01. The summed E-state index contributed by atoms with van der Waals surface area (Å²) in [5.41, 5.74) is -1.39. The number of rotatable bonds is 1. The van der Waals surface area contributed by atoms with Crippen molar-refractivity contribution in [2.45, 2.75) is 32.8 Å². The zero-order chi connectivity index (χ0) is 17.4. The molecule has 4 aliphatic carbocycles. The molecule has 4 rings (SSSR count). The third kappa shape index (κ3) is 1.62. The summed E-state index contributed by atoms with van der Waals surface area (Å²) in [7, 11) is 1.29. The van der Waals surface area contributed by atoms with Crippen molar-refractivity contribution in [3.8, 4) is 0 Å². The number of fused-ring (bicyclic) bond motifs is 6. The van der Waals surface area contributed by atoms with Crippen LogP contribution in [0.25, 0.3) is 0 Å². The minimum atomic E-state index is -1.39. The quantitative estimate of drug-likeness (QED) is 0.446. The van der Waals surface area contributed by atoms with Crippen molar-refractivity contribution in [2.24, 2.45) is 46.8 Å². The highest BCUT2D eigenvalue weighted by molar-refractivity contribution is 6.14. The van der Waals surface area contributed by atoms with Gasteiger partial charge < -0.3 is 9.84 Å². The Labute approximate surface area is 141 Å². The Morgan fingerprint density at radius 2 is 1.92 bits per heavy atom. The van der Waals surface area contributed by atoms with Crippen LogP contribution in [-0.2, 0) is 19.1 Å². The number of carbonyl (C=O) groups is 3. The fourth-order valence-corrected chi connectivity index (χ4v) is 6.32. The molecule has 2 unspecified atom stereocenters. The van der Waals surface area contributed by atoms with Crippen molar-refractivity contribution in [1.82, 2.24) is 0 Å². The van der Waals surface area contributed by atoms with Crippen LogP contribution in [0.1, 0.15) is 26.7 Å². The molecule has 0 spiro atoms. The molecule has 3 fully saturated rings. The van der Waals surface area contributed by atoms with Gasteiger partial charge >= 0.3 is 5.97 Å². The van der Waals surface area contributed by atoms with Crippen molar-refractivity contribution in [3.05, 3.63) is 12.2 Å². The molecule has 0 saturated heterocycles. The van der Waals surface area contributed by atoms with Crippen LogP contribution in [0.4, 0.5) is 0 Å². The van der Waals surface area contributed by atoms with E-state index in [1.165, 1.54) is 7.11 Å². The van der Waals surface area contributed by atoms with Crippen LogP contribution in [0.3, 0.4) is 0 Å². The molecule has 4 aliphatic rings. The van der Waals surface area contributed by atoms with Gasteiger partial charge in [0.05, 0.1) is 13.2 Å². The number of allylic oxidation sites excluding steroid dienone is 2. The van der Waals surface area contributed by atoms with Gasteiger partial charge in [-0.2, -0.15) is 0 Å². The number of hydrogen-bond donors (Lipinski definition) is 1. The zero-order valence-electron chi connectivity index (χ0n) is 14.3. The highest BCUT2D eigenvalue weighted by Gasteiger charge is 2.72. The zero-order valence-corrected chi connectivity index (χ0v) is 14.3. The first-order valence-electron chi connectivity index (χ1n) is 8.88. The van der Waals surface area contributed by atoms with E-state index in [2.05, 4.69) is 0 Å². The van der Waals surface area contributed by atoms with Crippen LogP contribution in [0.2, 0.25) is 0 Å². The Morgan fingerprint density at radius 1 is 1.21 bits per heavy atom. The molecule has 0 amide bonds. The van der Waals surface area contributed by atoms with Crippen molar-refractivity contribution in [2.75, 3.05) is 7.11 Å². The average molecular weight is 332 g/mol. The van der Waals surface area contributed by atoms with E-state index in [1.807, 2.05) is 26.0 Å². The summed E-state index contributed by atoms with van der Waals surface area (Å²) in [6.45, 7) is 3.72. The van der Waals surface area contributed by atoms with Crippen molar-refractivity contribution in [3.63, 3.8) is 0 Å². The molecule has 0 aliphatic heterocycles. The fourth-order valence-electron chi connectivity index (χ4n) is 6.32. The molecule has 130 valence electrons. The molecule has 1 N–H and O–H groups in total. The largest absolute Gasteiger partial charge is 0.468 e. The van der Waals surface area contributed by atoms with Gasteiger partial charge in [-0.3, -0.25) is 14.4 Å². The smallest absolute Gasteiger partial charge is 0.320 e. The number of aliphatic hydroxyl groups is 1. The van der Waals surface area contributed by atoms with E-state index in [9.17, 15) is 19.5 Å². The number of ketones is 2. The molecule has 9 atom stereocenters. The summed E-state index contributed by atoms with van der Waals surface area (Å²) < 4.78 is 5.04. The molecule has 0 radical (unpaired) electrons. The topological polar surface area (TPSA) is 80.7 Å². The van der Waals surface area contributed by atoms with Gasteiger partial charge in [0.2, 0.25) is 0 Å². The number of Topliss-reactive ketones (excluding diaryl/α,β-unsaturated/α-hetero) is 2. The third-order valence-corrected chi connectivity index (χ3v) is 7.28. The summed E-state index contributed by atoms with van der Waals surface area (Å²) >= 11 is 0. The maximum atomic E-state index is 13.6. The SMILES string of the molecule is COC(=O)[C@]12C(=O)C3C(C(=O)[C@@H]1[C@@H](C)C=C[C@H]2C)[C@H]1C[C@@H]3C[C@@H]1O. The third-order valence-electron chi connectivity index (χ3n) is 7.28. The van der Waals surface area contributed by atoms with Crippen molar-refractivity contribution < 1.29 is 24.2 Å². The lowest BCUT2D eigenvalue weighted by molar-refractivity contribution is -0.182. The van der Waals surface area contributed by atoms with E-state index >= 15 is 0 Å². The minimum Gasteiger partial charge on any atom is -0.468 e. The fraction of sp³-hybridized carbons (Fsp3) is 0.737. The second-order valence-electron chi connectivity index (χ2n) is 8.15. The van der Waals surface area contributed by atoms with Crippen LogP contribution in [0.5, 0.6) is 0 Å². The molecule has 2 bridgehead atoms. The Bertz CT molecular complexity index is 652. The Morgan fingerprint density at radius 3 is 2.58 bits per heavy atom. The van der Waals surface area contributed by atoms with Gasteiger partial charge in [0.15, 0.2) is 5.78 Å². The molecule has 3 saturated carbocycles. The summed E-state index contributed by atoms with van der Waals surface area (Å²) in [6.07, 6.45) is 4.60. The van der Waals surface area contributed by atoms with Gasteiger partial charge in [0.1, 0.15) is 11.2 Å². The predicted octanol–water partition coefficient (Wildman–Crippen LogP) is 1.39. The summed E-state index contributed by atoms with van der Waals surface area (Å²) in [6, 6.07) is 0. The molecular formula is C19H24O5. The van der Waals surface area contributed by atoms with Gasteiger partial charge in [0.25, 0.3) is 0 Å². The van der Waals surface area contributed by atoms with E-state index in [0.29, 0.717) is 12.8 Å². The molecule has 0 aromatic rings. The molecule has 5 nitrogen and oxygen atoms in total. The molecule has 0 heterocycles. The van der Waals surface area contributed by atoms with E-state index < -0.39 is 35.2 Å². The number of hydrogen-bond acceptors (Lipinski definition) is 5. The Hall–Kier alpha value is -1.49. The van der Waals surface area contributed by atoms with Crippen LogP contribution in [-0.4, -0.2) is 35.9 Å². The Kier molecular flexibility index (Phi) is 3.34. The Balaban J connectivity index is 1.90. The summed E-state index contributed by atoms with van der Waals surface area (Å²) in [5, 5.41) is 10.2. The highest BCUT2D eigenvalue weighted by Crippen LogP contribution is 2.63. The first kappa shape index (κ1) is 16.0. The maximum absolute atomic E-state index is 13.6. The highest BCUT2D eigenvalue weighted by atomic mass is 16.5. The maximum Gasteiger partial charge on any atom is 0.320 e. The molecular weight excluding hydrogens is 308 g/mol. The first-order valence-corrected chi connectivity index (χ1v) is 8.88. The lowest BCUT2D eigenvalue weighted by Crippen LogP contribution is -2.65. The number of esters is 1. The molecule has 0 aromatic heterocycles. The van der Waals surface area contributed by atoms with E-state index in [4.69, 9.17) is 4.74 Å². The monoisotopic (exact) mass is 332 g/mol. The molecule has 5 heteroatoms. The summed E-state index contributed by atoms with van der Waals surface area (Å²) in [5.74, 6) is -2.88. The lowest BCUT2D eigenvalue weighted by atomic mass is 9.47. The van der Waals surface area contributed by atoms with Crippen LogP contribution >= 0.6 is 0 Å². The minimum absolute atomic E-state index is 0.0139. The number of methoxy groups -OCH3 is 1. The number of aliphatic hydroxyl groups excluding tert-OH is 1.